The minimum atomic E-state index is -1.10. The van der Waals surface area contributed by atoms with Crippen LogP contribution < -0.4 is 5.32 Å². The molecule has 1 aromatic rings. The molecule has 0 fully saturated rings. The van der Waals surface area contributed by atoms with Gasteiger partial charge in [0.1, 0.15) is 11.7 Å². The number of benzene rings is 1. The molecule has 7 nitrogen and oxygen atoms in total. The molecule has 0 spiro atoms. The van der Waals surface area contributed by atoms with E-state index in [-0.39, 0.29) is 23.4 Å². The molecule has 0 radical (unpaired) electrons. The molecule has 0 aliphatic carbocycles. The highest BCUT2D eigenvalue weighted by Gasteiger charge is 2.20. The number of nitrogens with one attached hydrogen (secondary N) is 1. The molecule has 0 aromatic heterocycles. The lowest BCUT2D eigenvalue weighted by atomic mass is 10.1. The zero-order valence-corrected chi connectivity index (χ0v) is 9.58. The maximum atomic E-state index is 10.9. The Morgan fingerprint density at radius 2 is 2.33 bits per heavy atom. The van der Waals surface area contributed by atoms with E-state index in [1.54, 1.807) is 6.92 Å². The third-order valence-electron chi connectivity index (χ3n) is 2.36. The van der Waals surface area contributed by atoms with Crippen molar-refractivity contribution in [3.8, 4) is 6.07 Å². The lowest BCUT2D eigenvalue weighted by Crippen LogP contribution is -2.28. The molecule has 2 N–H and O–H groups in total. The van der Waals surface area contributed by atoms with Gasteiger partial charge in [0.2, 0.25) is 0 Å². The maximum Gasteiger partial charge on any atom is 0.326 e. The van der Waals surface area contributed by atoms with Crippen molar-refractivity contribution in [2.24, 2.45) is 0 Å². The molecule has 0 aliphatic rings. The Balaban J connectivity index is 3.16. The zero-order chi connectivity index (χ0) is 13.7. The molecule has 1 rings (SSSR count). The second kappa shape index (κ2) is 5.63. The highest BCUT2D eigenvalue weighted by atomic mass is 16.6. The van der Waals surface area contributed by atoms with Crippen molar-refractivity contribution in [3.05, 3.63) is 33.9 Å². The molecule has 1 aromatic carbocycles. The first-order valence-electron chi connectivity index (χ1n) is 5.17. The van der Waals surface area contributed by atoms with Gasteiger partial charge < -0.3 is 10.4 Å². The van der Waals surface area contributed by atoms with Crippen LogP contribution in [0, 0.1) is 21.4 Å². The molecule has 0 saturated heterocycles. The summed E-state index contributed by atoms with van der Waals surface area (Å²) in [6.07, 6.45) is 0.267. The average molecular weight is 249 g/mol. The van der Waals surface area contributed by atoms with Crippen LogP contribution in [-0.4, -0.2) is 22.0 Å². The average Bonchev–Trinajstić information content (AvgIpc) is 2.34. The number of nitrogens with zero attached hydrogens (tertiary/aromatic N) is 2. The van der Waals surface area contributed by atoms with Gasteiger partial charge in [-0.05, 0) is 18.6 Å². The molecular weight excluding hydrogens is 238 g/mol. The minimum absolute atomic E-state index is 0.0355. The summed E-state index contributed by atoms with van der Waals surface area (Å²) in [5.74, 6) is -1.10. The smallest absolute Gasteiger partial charge is 0.326 e. The standard InChI is InChI=1S/C11H11N3O4/c1-2-8(11(15)16)13-9-5-7(6-12)3-4-10(9)14(17)18/h3-5,8,13H,2H2,1H3,(H,15,16). The van der Waals surface area contributed by atoms with Crippen LogP contribution in [-0.2, 0) is 4.79 Å². The van der Waals surface area contributed by atoms with Gasteiger partial charge in [-0.2, -0.15) is 5.26 Å². The van der Waals surface area contributed by atoms with E-state index in [0.717, 1.165) is 0 Å². The number of carboxylic acid groups (broad SMARTS) is 1. The number of nitro benzene ring substituents is 1. The summed E-state index contributed by atoms with van der Waals surface area (Å²) in [5, 5.41) is 31.0. The molecular formula is C11H11N3O4. The number of anilines is 1. The monoisotopic (exact) mass is 249 g/mol. The van der Waals surface area contributed by atoms with Gasteiger partial charge >= 0.3 is 5.97 Å². The summed E-state index contributed by atoms with van der Waals surface area (Å²) in [7, 11) is 0. The molecule has 7 heteroatoms. The van der Waals surface area contributed by atoms with Crippen molar-refractivity contribution in [1.82, 2.24) is 0 Å². The van der Waals surface area contributed by atoms with Crippen LogP contribution in [0.15, 0.2) is 18.2 Å². The highest BCUT2D eigenvalue weighted by molar-refractivity contribution is 5.79. The molecule has 0 amide bonds. The SMILES string of the molecule is CCC(Nc1cc(C#N)ccc1[N+](=O)[O-])C(=O)O. The largest absolute Gasteiger partial charge is 0.480 e. The lowest BCUT2D eigenvalue weighted by molar-refractivity contribution is -0.384. The van der Waals surface area contributed by atoms with E-state index in [1.165, 1.54) is 18.2 Å². The Bertz CT molecular complexity index is 522. The van der Waals surface area contributed by atoms with Crippen LogP contribution in [0.2, 0.25) is 0 Å². The first kappa shape index (κ1) is 13.4. The Morgan fingerprint density at radius 3 is 2.78 bits per heavy atom. The summed E-state index contributed by atoms with van der Waals surface area (Å²) in [6, 6.07) is 4.67. The predicted octanol–water partition coefficient (Wildman–Crippen LogP) is 1.74. The number of rotatable bonds is 5. The van der Waals surface area contributed by atoms with Gasteiger partial charge in [0.05, 0.1) is 16.6 Å². The Kier molecular flexibility index (Phi) is 4.21. The highest BCUT2D eigenvalue weighted by Crippen LogP contribution is 2.26. The zero-order valence-electron chi connectivity index (χ0n) is 9.58. The number of hydrogen-bond acceptors (Lipinski definition) is 5. The quantitative estimate of drug-likeness (QED) is 0.606. The summed E-state index contributed by atoms with van der Waals surface area (Å²) in [4.78, 5) is 21.0. The van der Waals surface area contributed by atoms with E-state index in [9.17, 15) is 14.9 Å². The molecule has 0 saturated carbocycles. The first-order valence-corrected chi connectivity index (χ1v) is 5.17. The molecule has 18 heavy (non-hydrogen) atoms. The number of nitriles is 1. The van der Waals surface area contributed by atoms with Crippen LogP contribution in [0.3, 0.4) is 0 Å². The molecule has 0 heterocycles. The van der Waals surface area contributed by atoms with Gasteiger partial charge in [-0.25, -0.2) is 4.79 Å². The van der Waals surface area contributed by atoms with Crippen molar-refractivity contribution in [1.29, 1.82) is 5.26 Å². The van der Waals surface area contributed by atoms with Crippen molar-refractivity contribution in [3.63, 3.8) is 0 Å². The topological polar surface area (TPSA) is 116 Å². The molecule has 1 atom stereocenters. The number of nitro groups is 1. The van der Waals surface area contributed by atoms with Crippen molar-refractivity contribution in [2.45, 2.75) is 19.4 Å². The van der Waals surface area contributed by atoms with Crippen LogP contribution >= 0.6 is 0 Å². The molecule has 1 unspecified atom stereocenters. The number of hydrogen-bond donors (Lipinski definition) is 2. The van der Waals surface area contributed by atoms with Gasteiger partial charge in [0.25, 0.3) is 5.69 Å². The first-order chi connectivity index (χ1) is 8.49. The molecule has 0 bridgehead atoms. The van der Waals surface area contributed by atoms with Crippen LogP contribution in [0.5, 0.6) is 0 Å². The summed E-state index contributed by atoms with van der Waals surface area (Å²) in [6.45, 7) is 1.64. The Labute approximate surface area is 103 Å². The van der Waals surface area contributed by atoms with E-state index in [0.29, 0.717) is 0 Å². The fourth-order valence-electron chi connectivity index (χ4n) is 1.41. The van der Waals surface area contributed by atoms with Gasteiger partial charge in [-0.3, -0.25) is 10.1 Å². The number of carbonyl (C=O) groups is 1. The van der Waals surface area contributed by atoms with E-state index >= 15 is 0 Å². The maximum absolute atomic E-state index is 10.9. The summed E-state index contributed by atoms with van der Waals surface area (Å²) < 4.78 is 0. The fraction of sp³-hybridized carbons (Fsp3) is 0.273. The number of aliphatic carboxylic acids is 1. The lowest BCUT2D eigenvalue weighted by Gasteiger charge is -2.13. The van der Waals surface area contributed by atoms with E-state index < -0.39 is 16.9 Å². The van der Waals surface area contributed by atoms with Crippen molar-refractivity contribution >= 4 is 17.3 Å². The predicted molar refractivity (Wildman–Crippen MR) is 63.1 cm³/mol. The summed E-state index contributed by atoms with van der Waals surface area (Å²) >= 11 is 0. The van der Waals surface area contributed by atoms with E-state index in [4.69, 9.17) is 10.4 Å². The molecule has 94 valence electrons. The van der Waals surface area contributed by atoms with Gasteiger partial charge in [0.15, 0.2) is 0 Å². The second-order valence-corrected chi connectivity index (χ2v) is 3.54. The minimum Gasteiger partial charge on any atom is -0.480 e. The van der Waals surface area contributed by atoms with Gasteiger partial charge in [0, 0.05) is 6.07 Å². The Hall–Kier alpha value is -2.62. The van der Waals surface area contributed by atoms with Crippen LogP contribution in [0.25, 0.3) is 0 Å². The van der Waals surface area contributed by atoms with Crippen LogP contribution in [0.4, 0.5) is 11.4 Å². The molecule has 0 aliphatic heterocycles. The van der Waals surface area contributed by atoms with Crippen LogP contribution in [0.1, 0.15) is 18.9 Å². The van der Waals surface area contributed by atoms with Gasteiger partial charge in [-0.1, -0.05) is 6.92 Å². The third-order valence-corrected chi connectivity index (χ3v) is 2.36. The van der Waals surface area contributed by atoms with Crippen molar-refractivity contribution in [2.75, 3.05) is 5.32 Å². The third kappa shape index (κ3) is 2.95. The normalized spacial score (nSPS) is 11.3. The Morgan fingerprint density at radius 1 is 1.67 bits per heavy atom. The second-order valence-electron chi connectivity index (χ2n) is 3.54. The van der Waals surface area contributed by atoms with Gasteiger partial charge in [-0.15, -0.1) is 0 Å². The van der Waals surface area contributed by atoms with E-state index in [2.05, 4.69) is 5.32 Å². The summed E-state index contributed by atoms with van der Waals surface area (Å²) in [5.41, 5.74) is 0.00495. The van der Waals surface area contributed by atoms with E-state index in [1.807, 2.05) is 6.07 Å². The van der Waals surface area contributed by atoms with Crippen molar-refractivity contribution < 1.29 is 14.8 Å². The fourth-order valence-corrected chi connectivity index (χ4v) is 1.41. The number of carboxylic acids is 1.